The molecular weight excluding hydrogens is 264 g/mol. The highest BCUT2D eigenvalue weighted by Crippen LogP contribution is 2.51. The molecule has 0 amide bonds. The molecule has 2 aliphatic carbocycles. The monoisotopic (exact) mass is 288 g/mol. The van der Waals surface area contributed by atoms with E-state index in [0.717, 1.165) is 49.1 Å². The molecule has 3 heterocycles. The maximum atomic E-state index is 12.6. The SMILES string of the molecule is Cc1cc(C(=O)CN2C3CC4CC2CC(O)(C4)C3)c(C)[nH]1. The molecule has 4 bridgehead atoms. The Balaban J connectivity index is 1.53. The van der Waals surface area contributed by atoms with Crippen molar-refractivity contribution in [2.24, 2.45) is 5.92 Å². The van der Waals surface area contributed by atoms with Gasteiger partial charge in [-0.3, -0.25) is 9.69 Å². The number of aryl methyl sites for hydroxylation is 2. The maximum Gasteiger partial charge on any atom is 0.178 e. The molecule has 4 heteroatoms. The van der Waals surface area contributed by atoms with Crippen molar-refractivity contribution in [3.8, 4) is 0 Å². The van der Waals surface area contributed by atoms with E-state index in [-0.39, 0.29) is 5.78 Å². The van der Waals surface area contributed by atoms with Gasteiger partial charge < -0.3 is 10.1 Å². The molecule has 114 valence electrons. The van der Waals surface area contributed by atoms with Crippen LogP contribution in [0.1, 0.15) is 53.8 Å². The minimum atomic E-state index is -0.434. The topological polar surface area (TPSA) is 56.3 Å². The van der Waals surface area contributed by atoms with Crippen molar-refractivity contribution >= 4 is 5.78 Å². The van der Waals surface area contributed by atoms with Crippen LogP contribution in [0.15, 0.2) is 6.07 Å². The molecule has 0 aromatic carbocycles. The minimum Gasteiger partial charge on any atom is -0.390 e. The van der Waals surface area contributed by atoms with E-state index in [1.54, 1.807) is 0 Å². The molecule has 5 rings (SSSR count). The smallest absolute Gasteiger partial charge is 0.178 e. The fourth-order valence-electron chi connectivity index (χ4n) is 5.19. The summed E-state index contributed by atoms with van der Waals surface area (Å²) in [6, 6.07) is 2.78. The average Bonchev–Trinajstić information content (AvgIpc) is 2.71. The molecule has 2 saturated carbocycles. The van der Waals surface area contributed by atoms with E-state index in [1.807, 2.05) is 19.9 Å². The van der Waals surface area contributed by atoms with E-state index in [2.05, 4.69) is 9.88 Å². The zero-order chi connectivity index (χ0) is 14.8. The third kappa shape index (κ3) is 2.16. The fraction of sp³-hybridized carbons (Fsp3) is 0.706. The van der Waals surface area contributed by atoms with Crippen molar-refractivity contribution in [1.29, 1.82) is 0 Å². The molecule has 2 saturated heterocycles. The van der Waals surface area contributed by atoms with Crippen LogP contribution in [0.3, 0.4) is 0 Å². The number of nitrogens with one attached hydrogen (secondary N) is 1. The number of rotatable bonds is 3. The van der Waals surface area contributed by atoms with Crippen molar-refractivity contribution in [3.05, 3.63) is 23.0 Å². The van der Waals surface area contributed by atoms with Crippen molar-refractivity contribution in [2.45, 2.75) is 63.6 Å². The molecule has 2 N–H and O–H groups in total. The van der Waals surface area contributed by atoms with E-state index in [1.165, 1.54) is 0 Å². The van der Waals surface area contributed by atoms with Crippen LogP contribution in [0, 0.1) is 19.8 Å². The molecule has 1 aromatic rings. The maximum absolute atomic E-state index is 12.6. The Morgan fingerprint density at radius 2 is 2.00 bits per heavy atom. The third-order valence-corrected chi connectivity index (χ3v) is 5.82. The molecule has 4 nitrogen and oxygen atoms in total. The lowest BCUT2D eigenvalue weighted by atomic mass is 9.61. The number of carbonyl (C=O) groups is 1. The molecule has 0 radical (unpaired) electrons. The van der Waals surface area contributed by atoms with Crippen LogP contribution in [0.25, 0.3) is 0 Å². The van der Waals surface area contributed by atoms with E-state index >= 15 is 0 Å². The van der Waals surface area contributed by atoms with Crippen LogP contribution in [0.2, 0.25) is 0 Å². The number of ketones is 1. The molecule has 0 spiro atoms. The highest BCUT2D eigenvalue weighted by molar-refractivity contribution is 5.99. The first kappa shape index (κ1) is 13.5. The predicted octanol–water partition coefficient (Wildman–Crippen LogP) is 2.19. The number of aromatic amines is 1. The number of piperidine rings is 2. The zero-order valence-corrected chi connectivity index (χ0v) is 12.9. The normalized spacial score (nSPS) is 38.1. The van der Waals surface area contributed by atoms with Crippen molar-refractivity contribution in [2.75, 3.05) is 6.54 Å². The summed E-state index contributed by atoms with van der Waals surface area (Å²) in [4.78, 5) is 18.2. The largest absolute Gasteiger partial charge is 0.390 e. The summed E-state index contributed by atoms with van der Waals surface area (Å²) in [5.74, 6) is 0.895. The van der Waals surface area contributed by atoms with Gasteiger partial charge in [0.15, 0.2) is 5.78 Å². The Morgan fingerprint density at radius 3 is 2.52 bits per heavy atom. The summed E-state index contributed by atoms with van der Waals surface area (Å²) in [6.45, 7) is 4.47. The lowest BCUT2D eigenvalue weighted by molar-refractivity contribution is -0.154. The lowest BCUT2D eigenvalue weighted by Gasteiger charge is -2.59. The second-order valence-corrected chi connectivity index (χ2v) is 7.57. The molecule has 2 atom stereocenters. The average molecular weight is 288 g/mol. The van der Waals surface area contributed by atoms with Gasteiger partial charge in [0.2, 0.25) is 0 Å². The molecule has 4 aliphatic rings. The van der Waals surface area contributed by atoms with Crippen molar-refractivity contribution in [3.63, 3.8) is 0 Å². The Morgan fingerprint density at radius 1 is 1.33 bits per heavy atom. The third-order valence-electron chi connectivity index (χ3n) is 5.82. The lowest BCUT2D eigenvalue weighted by Crippen LogP contribution is -2.65. The standard InChI is InChI=1S/C17H24N2O2/c1-10-3-15(11(2)18-10)16(20)9-19-13-4-12-5-14(19)8-17(21,6-12)7-13/h3,12-14,18,21H,4-9H2,1-2H3. The first-order valence-electron chi connectivity index (χ1n) is 8.11. The van der Waals surface area contributed by atoms with Gasteiger partial charge in [-0.25, -0.2) is 0 Å². The number of aliphatic hydroxyl groups is 1. The summed E-state index contributed by atoms with van der Waals surface area (Å²) in [6.07, 6.45) is 5.03. The first-order chi connectivity index (χ1) is 9.93. The van der Waals surface area contributed by atoms with Crippen LogP contribution in [0.5, 0.6) is 0 Å². The number of Topliss-reactive ketones (excluding diaryl/α,β-unsaturated/α-hetero) is 1. The van der Waals surface area contributed by atoms with Gasteiger partial charge in [0.05, 0.1) is 12.1 Å². The van der Waals surface area contributed by atoms with E-state index in [4.69, 9.17) is 0 Å². The Labute approximate surface area is 125 Å². The highest BCUT2D eigenvalue weighted by atomic mass is 16.3. The van der Waals surface area contributed by atoms with Crippen LogP contribution in [0.4, 0.5) is 0 Å². The zero-order valence-electron chi connectivity index (χ0n) is 12.9. The van der Waals surface area contributed by atoms with Gasteiger partial charge in [0, 0.05) is 29.0 Å². The van der Waals surface area contributed by atoms with Gasteiger partial charge in [-0.05, 0) is 57.9 Å². The number of hydrogen-bond acceptors (Lipinski definition) is 3. The van der Waals surface area contributed by atoms with Gasteiger partial charge in [0.25, 0.3) is 0 Å². The van der Waals surface area contributed by atoms with Crippen molar-refractivity contribution in [1.82, 2.24) is 9.88 Å². The number of aromatic nitrogens is 1. The summed E-state index contributed by atoms with van der Waals surface area (Å²) >= 11 is 0. The molecule has 2 aliphatic heterocycles. The number of hydrogen-bond donors (Lipinski definition) is 2. The number of nitrogens with zero attached hydrogens (tertiary/aromatic N) is 1. The summed E-state index contributed by atoms with van der Waals surface area (Å²) in [5, 5.41) is 10.6. The Hall–Kier alpha value is -1.13. The predicted molar refractivity (Wildman–Crippen MR) is 80.4 cm³/mol. The van der Waals surface area contributed by atoms with Gasteiger partial charge in [-0.2, -0.15) is 0 Å². The van der Waals surface area contributed by atoms with Gasteiger partial charge in [0.1, 0.15) is 0 Å². The number of carbonyl (C=O) groups excluding carboxylic acids is 1. The van der Waals surface area contributed by atoms with Gasteiger partial charge in [-0.1, -0.05) is 0 Å². The van der Waals surface area contributed by atoms with Gasteiger partial charge >= 0.3 is 0 Å². The molecule has 21 heavy (non-hydrogen) atoms. The summed E-state index contributed by atoms with van der Waals surface area (Å²) < 4.78 is 0. The Bertz CT molecular complexity index is 576. The fourth-order valence-corrected chi connectivity index (χ4v) is 5.19. The van der Waals surface area contributed by atoms with E-state index in [9.17, 15) is 9.90 Å². The van der Waals surface area contributed by atoms with E-state index in [0.29, 0.717) is 24.5 Å². The van der Waals surface area contributed by atoms with Gasteiger partial charge in [-0.15, -0.1) is 0 Å². The van der Waals surface area contributed by atoms with Crippen LogP contribution in [-0.4, -0.2) is 45.0 Å². The minimum absolute atomic E-state index is 0.219. The molecular formula is C17H24N2O2. The quantitative estimate of drug-likeness (QED) is 0.838. The second-order valence-electron chi connectivity index (χ2n) is 7.57. The number of H-pyrrole nitrogens is 1. The molecule has 2 unspecified atom stereocenters. The van der Waals surface area contributed by atoms with Crippen LogP contribution < -0.4 is 0 Å². The first-order valence-corrected chi connectivity index (χ1v) is 8.11. The van der Waals surface area contributed by atoms with Crippen molar-refractivity contribution < 1.29 is 9.90 Å². The Kier molecular flexibility index (Phi) is 2.86. The second kappa shape index (κ2) is 4.43. The van der Waals surface area contributed by atoms with Crippen LogP contribution in [-0.2, 0) is 0 Å². The van der Waals surface area contributed by atoms with Crippen LogP contribution >= 0.6 is 0 Å². The summed E-state index contributed by atoms with van der Waals surface area (Å²) in [5.41, 5.74) is 2.42. The molecule has 1 aromatic heterocycles. The van der Waals surface area contributed by atoms with E-state index < -0.39 is 5.60 Å². The molecule has 4 fully saturated rings. The summed E-state index contributed by atoms with van der Waals surface area (Å²) in [7, 11) is 0. The highest BCUT2D eigenvalue weighted by Gasteiger charge is 2.53.